The van der Waals surface area contributed by atoms with Crippen LogP contribution in [0, 0.1) is 20.2 Å². The molecule has 0 aliphatic carbocycles. The molecule has 23 heavy (non-hydrogen) atoms. The summed E-state index contributed by atoms with van der Waals surface area (Å²) in [5, 5.41) is 29.7. The Morgan fingerprint density at radius 1 is 1.00 bits per heavy atom. The number of pyridine rings is 2. The van der Waals surface area contributed by atoms with Crippen LogP contribution in [-0.4, -0.2) is 31.5 Å². The van der Waals surface area contributed by atoms with E-state index in [-0.39, 0.29) is 18.0 Å². The number of hydrogen-bond donors (Lipinski definition) is 1. The lowest BCUT2D eigenvalue weighted by atomic mass is 10.4. The minimum atomic E-state index is -0.512. The Bertz CT molecular complexity index is 629. The van der Waals surface area contributed by atoms with Gasteiger partial charge in [0.25, 0.3) is 11.4 Å². The summed E-state index contributed by atoms with van der Waals surface area (Å²) in [6.07, 6.45) is 2.67. The van der Waals surface area contributed by atoms with E-state index in [1.165, 1.54) is 36.7 Å². The van der Waals surface area contributed by atoms with Crippen molar-refractivity contribution in [2.75, 3.05) is 6.61 Å². The van der Waals surface area contributed by atoms with Crippen LogP contribution in [0.5, 0.6) is 0 Å². The van der Waals surface area contributed by atoms with E-state index in [0.717, 1.165) is 21.6 Å². The van der Waals surface area contributed by atoms with Crippen LogP contribution in [0.25, 0.3) is 0 Å². The molecule has 0 radical (unpaired) electrons. The van der Waals surface area contributed by atoms with Gasteiger partial charge in [-0.1, -0.05) is 0 Å². The van der Waals surface area contributed by atoms with Gasteiger partial charge in [0.1, 0.15) is 10.1 Å². The predicted molar refractivity (Wildman–Crippen MR) is 86.3 cm³/mol. The number of aliphatic hydroxyl groups is 1. The molecule has 1 N–H and O–H groups in total. The molecule has 122 valence electrons. The first kappa shape index (κ1) is 18.8. The molecule has 0 aromatic carbocycles. The minimum absolute atomic E-state index is 0.0601. The third kappa shape index (κ3) is 6.59. The molecule has 0 aliphatic rings. The third-order valence-corrected chi connectivity index (χ3v) is 4.22. The van der Waals surface area contributed by atoms with Crippen molar-refractivity contribution in [3.63, 3.8) is 0 Å². The van der Waals surface area contributed by atoms with Crippen molar-refractivity contribution in [3.8, 4) is 0 Å². The largest absolute Gasteiger partial charge is 0.397 e. The summed E-state index contributed by atoms with van der Waals surface area (Å²) in [5.74, 6) is 0. The third-order valence-electron chi connectivity index (χ3n) is 2.07. The maximum absolute atomic E-state index is 10.6. The summed E-state index contributed by atoms with van der Waals surface area (Å²) in [5.41, 5.74) is -0.120. The molecular weight excluding hydrogens is 344 g/mol. The first-order chi connectivity index (χ1) is 11.0. The molecule has 9 nitrogen and oxygen atoms in total. The van der Waals surface area contributed by atoms with Gasteiger partial charge in [0, 0.05) is 43.3 Å². The van der Waals surface area contributed by atoms with Crippen LogP contribution in [0.1, 0.15) is 6.92 Å². The Kier molecular flexibility index (Phi) is 7.94. The van der Waals surface area contributed by atoms with Crippen LogP contribution in [0.3, 0.4) is 0 Å². The Morgan fingerprint density at radius 2 is 1.35 bits per heavy atom. The molecule has 0 saturated heterocycles. The monoisotopic (exact) mass is 356 g/mol. The number of aliphatic hydroxyl groups excluding tert-OH is 1. The topological polar surface area (TPSA) is 132 Å². The second kappa shape index (κ2) is 9.71. The SMILES string of the molecule is CCO.O=[N+]([O-])c1ccnc(SSc2cc([N+](=O)[O-])ccn2)c1. The average molecular weight is 356 g/mol. The molecule has 0 unspecified atom stereocenters. The van der Waals surface area contributed by atoms with E-state index in [1.807, 2.05) is 0 Å². The number of nitro groups is 2. The fraction of sp³-hybridized carbons (Fsp3) is 0.167. The van der Waals surface area contributed by atoms with Gasteiger partial charge in [0.2, 0.25) is 0 Å². The van der Waals surface area contributed by atoms with Crippen molar-refractivity contribution in [1.29, 1.82) is 0 Å². The highest BCUT2D eigenvalue weighted by Gasteiger charge is 2.10. The van der Waals surface area contributed by atoms with Crippen molar-refractivity contribution in [2.45, 2.75) is 17.0 Å². The Balaban J connectivity index is 0.000000816. The molecule has 11 heteroatoms. The molecule has 2 aromatic rings. The summed E-state index contributed by atoms with van der Waals surface area (Å²) in [7, 11) is 2.28. The highest BCUT2D eigenvalue weighted by molar-refractivity contribution is 8.76. The van der Waals surface area contributed by atoms with E-state index in [0.29, 0.717) is 10.1 Å². The van der Waals surface area contributed by atoms with Crippen LogP contribution in [-0.2, 0) is 0 Å². The number of nitrogens with zero attached hydrogens (tertiary/aromatic N) is 4. The molecule has 2 aromatic heterocycles. The van der Waals surface area contributed by atoms with Gasteiger partial charge in [-0.2, -0.15) is 0 Å². The number of hydrogen-bond acceptors (Lipinski definition) is 9. The predicted octanol–water partition coefficient (Wildman–Crippen LogP) is 3.09. The lowest BCUT2D eigenvalue weighted by molar-refractivity contribution is -0.385. The maximum Gasteiger partial charge on any atom is 0.273 e. The molecule has 0 aliphatic heterocycles. The molecule has 0 atom stereocenters. The summed E-state index contributed by atoms with van der Waals surface area (Å²) in [6, 6.07) is 5.24. The fourth-order valence-corrected chi connectivity index (χ4v) is 2.98. The average Bonchev–Trinajstić information content (AvgIpc) is 2.54. The van der Waals surface area contributed by atoms with E-state index < -0.39 is 9.85 Å². The molecule has 2 heterocycles. The molecule has 0 bridgehead atoms. The minimum Gasteiger partial charge on any atom is -0.397 e. The zero-order valence-corrected chi connectivity index (χ0v) is 13.5. The molecule has 0 fully saturated rings. The van der Waals surface area contributed by atoms with E-state index in [1.54, 1.807) is 6.92 Å². The van der Waals surface area contributed by atoms with Gasteiger partial charge in [0.05, 0.1) is 9.85 Å². The number of rotatable bonds is 5. The maximum atomic E-state index is 10.6. The Hall–Kier alpha value is -2.24. The highest BCUT2D eigenvalue weighted by Crippen LogP contribution is 2.36. The highest BCUT2D eigenvalue weighted by atomic mass is 33.1. The van der Waals surface area contributed by atoms with Crippen LogP contribution in [0.2, 0.25) is 0 Å². The van der Waals surface area contributed by atoms with Gasteiger partial charge in [-0.05, 0) is 28.5 Å². The normalized spacial score (nSPS) is 9.65. The standard InChI is InChI=1S/C10H6N4O4S2.C2H6O/c15-13(16)7-1-3-11-9(5-7)19-20-10-6-8(14(17)18)2-4-12-10;1-2-3/h1-6H;3H,2H2,1H3. The summed E-state index contributed by atoms with van der Waals surface area (Å²) >= 11 is 0. The molecular formula is C12H12N4O5S2. The smallest absolute Gasteiger partial charge is 0.273 e. The zero-order chi connectivity index (χ0) is 17.2. The quantitative estimate of drug-likeness (QED) is 0.487. The van der Waals surface area contributed by atoms with Gasteiger partial charge < -0.3 is 5.11 Å². The Morgan fingerprint density at radius 3 is 1.65 bits per heavy atom. The summed E-state index contributed by atoms with van der Waals surface area (Å²) in [4.78, 5) is 28.2. The van der Waals surface area contributed by atoms with Gasteiger partial charge >= 0.3 is 0 Å². The molecule has 2 rings (SSSR count). The van der Waals surface area contributed by atoms with E-state index in [9.17, 15) is 20.2 Å². The van der Waals surface area contributed by atoms with Gasteiger partial charge in [-0.25, -0.2) is 9.97 Å². The van der Waals surface area contributed by atoms with Crippen LogP contribution >= 0.6 is 21.6 Å². The van der Waals surface area contributed by atoms with Crippen molar-refractivity contribution in [1.82, 2.24) is 9.97 Å². The number of aromatic nitrogens is 2. The zero-order valence-electron chi connectivity index (χ0n) is 11.9. The first-order valence-electron chi connectivity index (χ1n) is 6.14. The Labute approximate surface area is 138 Å². The molecule has 0 saturated carbocycles. The van der Waals surface area contributed by atoms with Crippen LogP contribution in [0.15, 0.2) is 46.7 Å². The van der Waals surface area contributed by atoms with Gasteiger partial charge in [-0.3, -0.25) is 20.2 Å². The lowest BCUT2D eigenvalue weighted by Crippen LogP contribution is -1.89. The van der Waals surface area contributed by atoms with E-state index in [4.69, 9.17) is 5.11 Å². The van der Waals surface area contributed by atoms with Crippen molar-refractivity contribution < 1.29 is 15.0 Å². The van der Waals surface area contributed by atoms with Crippen molar-refractivity contribution >= 4 is 33.0 Å². The van der Waals surface area contributed by atoms with Crippen molar-refractivity contribution in [2.24, 2.45) is 0 Å². The molecule has 0 amide bonds. The summed E-state index contributed by atoms with van der Waals surface area (Å²) in [6.45, 7) is 1.93. The van der Waals surface area contributed by atoms with E-state index in [2.05, 4.69) is 9.97 Å². The van der Waals surface area contributed by atoms with Crippen LogP contribution < -0.4 is 0 Å². The lowest BCUT2D eigenvalue weighted by Gasteiger charge is -1.99. The van der Waals surface area contributed by atoms with E-state index >= 15 is 0 Å². The second-order valence-electron chi connectivity index (χ2n) is 3.70. The molecule has 0 spiro atoms. The van der Waals surface area contributed by atoms with Gasteiger partial charge in [-0.15, -0.1) is 0 Å². The summed E-state index contributed by atoms with van der Waals surface area (Å²) < 4.78 is 0. The second-order valence-corrected chi connectivity index (χ2v) is 5.87. The van der Waals surface area contributed by atoms with Crippen LogP contribution in [0.4, 0.5) is 11.4 Å². The first-order valence-corrected chi connectivity index (χ1v) is 8.29. The fourth-order valence-electron chi connectivity index (χ4n) is 1.20. The van der Waals surface area contributed by atoms with Gasteiger partial charge in [0.15, 0.2) is 0 Å². The van der Waals surface area contributed by atoms with Crippen molar-refractivity contribution in [3.05, 3.63) is 56.9 Å².